The molecule has 4 aromatic heterocycles. The van der Waals surface area contributed by atoms with Crippen molar-refractivity contribution in [2.24, 2.45) is 0 Å². The van der Waals surface area contributed by atoms with Gasteiger partial charge in [0.05, 0.1) is 20.8 Å². The molecule has 11 nitrogen and oxygen atoms in total. The number of hydrogen-bond acceptors (Lipinski definition) is 11. The Morgan fingerprint density at radius 3 is 2.54 bits per heavy atom. The van der Waals surface area contributed by atoms with E-state index in [0.29, 0.717) is 21.3 Å². The van der Waals surface area contributed by atoms with Crippen molar-refractivity contribution < 1.29 is 19.7 Å². The number of pyridine rings is 1. The summed E-state index contributed by atoms with van der Waals surface area (Å²) >= 11 is 2.73. The summed E-state index contributed by atoms with van der Waals surface area (Å²) in [6.45, 7) is 3.24. The number of H-pyrrole nitrogens is 1. The molecule has 282 valence electrons. The zero-order valence-corrected chi connectivity index (χ0v) is 32.1. The maximum atomic E-state index is 13.4. The van der Waals surface area contributed by atoms with Crippen molar-refractivity contribution in [3.8, 4) is 5.75 Å². The van der Waals surface area contributed by atoms with E-state index in [4.69, 9.17) is 4.74 Å². The van der Waals surface area contributed by atoms with Crippen molar-refractivity contribution >= 4 is 50.6 Å². The number of nitrogens with zero attached hydrogens (tertiary/aromatic N) is 4. The average molecular weight is 767 g/mol. The molecular weight excluding hydrogens is 721 g/mol. The molecular formula is C41H46N6O5S2. The van der Waals surface area contributed by atoms with E-state index in [1.807, 2.05) is 29.0 Å². The van der Waals surface area contributed by atoms with E-state index in [2.05, 4.69) is 43.3 Å². The van der Waals surface area contributed by atoms with Crippen LogP contribution in [0.4, 0.5) is 0 Å². The van der Waals surface area contributed by atoms with Gasteiger partial charge in [0.25, 0.3) is 0 Å². The van der Waals surface area contributed by atoms with Crippen LogP contribution in [0, 0.1) is 0 Å². The number of carbonyl (C=O) groups is 1. The Bertz CT molecular complexity index is 2260. The fourth-order valence-corrected chi connectivity index (χ4v) is 10.1. The van der Waals surface area contributed by atoms with Crippen LogP contribution in [0.15, 0.2) is 70.2 Å². The second kappa shape index (κ2) is 15.8. The van der Waals surface area contributed by atoms with Crippen molar-refractivity contribution in [1.29, 1.82) is 0 Å². The predicted octanol–water partition coefficient (Wildman–Crippen LogP) is 6.03. The van der Waals surface area contributed by atoms with Gasteiger partial charge in [0.2, 0.25) is 11.2 Å². The first-order chi connectivity index (χ1) is 26.3. The summed E-state index contributed by atoms with van der Waals surface area (Å²) in [4.78, 5) is 31.6. The highest BCUT2D eigenvalue weighted by Gasteiger charge is 2.45. The summed E-state index contributed by atoms with van der Waals surface area (Å²) in [6, 6.07) is 16.7. The first-order valence-corrected chi connectivity index (χ1v) is 20.7. The van der Waals surface area contributed by atoms with Crippen LogP contribution in [0.25, 0.3) is 21.9 Å². The lowest BCUT2D eigenvalue weighted by atomic mass is 9.91. The zero-order chi connectivity index (χ0) is 37.2. The number of aliphatic hydroxyl groups is 1. The molecule has 0 unspecified atom stereocenters. The van der Waals surface area contributed by atoms with Crippen molar-refractivity contribution in [2.45, 2.75) is 88.6 Å². The number of thiophene rings is 2. The highest BCUT2D eigenvalue weighted by Crippen LogP contribution is 2.38. The van der Waals surface area contributed by atoms with Gasteiger partial charge in [0, 0.05) is 30.6 Å². The van der Waals surface area contributed by atoms with Gasteiger partial charge >= 0.3 is 5.97 Å². The summed E-state index contributed by atoms with van der Waals surface area (Å²) in [7, 11) is 2.19. The summed E-state index contributed by atoms with van der Waals surface area (Å²) in [5.41, 5.74) is 5.77. The second-order valence-corrected chi connectivity index (χ2v) is 16.5. The lowest BCUT2D eigenvalue weighted by Gasteiger charge is -2.35. The maximum Gasteiger partial charge on any atom is 0.349 e. The Morgan fingerprint density at radius 2 is 1.80 bits per heavy atom. The minimum Gasteiger partial charge on any atom is -0.506 e. The van der Waals surface area contributed by atoms with Gasteiger partial charge in [-0.05, 0) is 141 Å². The SMILES string of the molecule is CN(CCCn1nnc2cc(CNCCc3ccc(O)c4[nH]c(=O)ccc34)c3c(c21)CCC3)[C@H]1CC[C@H](OC(=O)C(O)(c2cccs2)c2cccs2)CC1. The van der Waals surface area contributed by atoms with E-state index >= 15 is 0 Å². The molecule has 0 amide bonds. The third-order valence-corrected chi connectivity index (χ3v) is 13.2. The number of rotatable bonds is 14. The fourth-order valence-electron chi connectivity index (χ4n) is 8.41. The number of hydrogen-bond donors (Lipinski definition) is 4. The molecule has 0 bridgehead atoms. The van der Waals surface area contributed by atoms with Crippen LogP contribution >= 0.6 is 22.7 Å². The molecule has 0 radical (unpaired) electrons. The van der Waals surface area contributed by atoms with Gasteiger partial charge in [0.1, 0.15) is 17.4 Å². The molecule has 6 aromatic rings. The number of aromatic nitrogens is 4. The van der Waals surface area contributed by atoms with Crippen molar-refractivity contribution in [2.75, 3.05) is 20.1 Å². The van der Waals surface area contributed by atoms with Gasteiger partial charge in [-0.1, -0.05) is 23.4 Å². The number of nitrogens with one attached hydrogen (secondary N) is 2. The van der Waals surface area contributed by atoms with Gasteiger partial charge in [0.15, 0.2) is 0 Å². The highest BCUT2D eigenvalue weighted by molar-refractivity contribution is 7.12. The normalized spacial score (nSPS) is 17.5. The molecule has 54 heavy (non-hydrogen) atoms. The first-order valence-electron chi connectivity index (χ1n) is 18.9. The van der Waals surface area contributed by atoms with Gasteiger partial charge in [-0.3, -0.25) is 4.79 Å². The standard InChI is InChI=1S/C41H46N6O5S2/c1-46(28-11-13-29(14-12-28)52-40(50)41(51,35-8-3-22-53-35)36-9-4-23-54-36)20-5-21-47-39-32-7-2-6-30(32)27(24-33(39)44-45-47)25-42-19-18-26-10-16-34(48)38-31(26)15-17-37(49)43-38/h3-4,8-10,15-17,22-24,28-29,42,48,51H,2,5-7,11-14,18-21,25H2,1H3,(H,43,49)/t28-,29-. The maximum absolute atomic E-state index is 13.4. The highest BCUT2D eigenvalue weighted by atomic mass is 32.1. The van der Waals surface area contributed by atoms with Crippen LogP contribution in [-0.4, -0.2) is 73.3 Å². The molecule has 13 heteroatoms. The monoisotopic (exact) mass is 766 g/mol. The Kier molecular flexibility index (Phi) is 10.7. The van der Waals surface area contributed by atoms with Crippen LogP contribution in [0.3, 0.4) is 0 Å². The van der Waals surface area contributed by atoms with E-state index in [1.165, 1.54) is 50.9 Å². The molecule has 4 N–H and O–H groups in total. The quantitative estimate of drug-likeness (QED) is 0.0771. The van der Waals surface area contributed by atoms with Crippen molar-refractivity contribution in [1.82, 2.24) is 30.2 Å². The number of carbonyl (C=O) groups excluding carboxylic acids is 1. The molecule has 0 spiro atoms. The Balaban J connectivity index is 0.833. The van der Waals surface area contributed by atoms with E-state index in [-0.39, 0.29) is 17.4 Å². The number of benzene rings is 2. The first kappa shape index (κ1) is 36.6. The minimum atomic E-state index is -1.77. The van der Waals surface area contributed by atoms with Gasteiger partial charge < -0.3 is 30.2 Å². The van der Waals surface area contributed by atoms with Gasteiger partial charge in [-0.25, -0.2) is 9.48 Å². The topological polar surface area (TPSA) is 146 Å². The Morgan fingerprint density at radius 1 is 1.04 bits per heavy atom. The minimum absolute atomic E-state index is 0.0820. The van der Waals surface area contributed by atoms with Crippen molar-refractivity contribution in [3.05, 3.63) is 108 Å². The molecule has 1 fully saturated rings. The summed E-state index contributed by atoms with van der Waals surface area (Å²) in [5, 5.41) is 39.3. The second-order valence-electron chi connectivity index (χ2n) is 14.6. The largest absolute Gasteiger partial charge is 0.506 e. The number of aromatic hydroxyl groups is 1. The number of phenols is 1. The van der Waals surface area contributed by atoms with Crippen molar-refractivity contribution in [3.63, 3.8) is 0 Å². The van der Waals surface area contributed by atoms with E-state index in [9.17, 15) is 19.8 Å². The van der Waals surface area contributed by atoms with Crippen LogP contribution in [0.5, 0.6) is 5.75 Å². The van der Waals surface area contributed by atoms with Crippen LogP contribution in [-0.2, 0) is 47.5 Å². The Labute approximate surface area is 321 Å². The zero-order valence-electron chi connectivity index (χ0n) is 30.4. The van der Waals surface area contributed by atoms with Gasteiger partial charge in [-0.15, -0.1) is 27.8 Å². The third kappa shape index (κ3) is 7.23. The number of fused-ring (bicyclic) bond motifs is 4. The molecule has 2 aromatic carbocycles. The molecule has 0 atom stereocenters. The van der Waals surface area contributed by atoms with Gasteiger partial charge in [-0.2, -0.15) is 0 Å². The summed E-state index contributed by atoms with van der Waals surface area (Å²) < 4.78 is 8.08. The summed E-state index contributed by atoms with van der Waals surface area (Å²) in [6.07, 6.45) is 8.18. The van der Waals surface area contributed by atoms with Crippen LogP contribution in [0.2, 0.25) is 0 Å². The summed E-state index contributed by atoms with van der Waals surface area (Å²) in [5.74, 6) is -0.502. The molecule has 2 aliphatic rings. The lowest BCUT2D eigenvalue weighted by molar-refractivity contribution is -0.169. The molecule has 2 aliphatic carbocycles. The number of ether oxygens (including phenoxy) is 1. The third-order valence-electron chi connectivity index (χ3n) is 11.3. The number of esters is 1. The molecule has 4 heterocycles. The Hall–Kier alpha value is -4.40. The number of aryl methyl sites for hydroxylation is 2. The molecule has 0 aliphatic heterocycles. The van der Waals surface area contributed by atoms with Crippen LogP contribution < -0.4 is 10.9 Å². The molecule has 8 rings (SSSR count). The predicted molar refractivity (Wildman–Crippen MR) is 212 cm³/mol. The fraction of sp³-hybridized carbons (Fsp3) is 0.415. The number of aromatic amines is 1. The average Bonchev–Trinajstić information content (AvgIpc) is 4.02. The lowest BCUT2D eigenvalue weighted by Crippen LogP contribution is -2.42. The van der Waals surface area contributed by atoms with E-state index in [0.717, 1.165) is 100 Å². The van der Waals surface area contributed by atoms with Crippen LogP contribution in [0.1, 0.15) is 70.5 Å². The van der Waals surface area contributed by atoms with E-state index in [1.54, 1.807) is 24.3 Å². The van der Waals surface area contributed by atoms with E-state index < -0.39 is 11.6 Å². The smallest absolute Gasteiger partial charge is 0.349 e. The number of phenolic OH excluding ortho intramolecular Hbond substituents is 1. The molecule has 1 saturated carbocycles. The molecule has 0 saturated heterocycles.